The lowest BCUT2D eigenvalue weighted by Gasteiger charge is -2.22. The molecule has 1 saturated heterocycles. The first-order valence-corrected chi connectivity index (χ1v) is 10.8. The molecule has 0 bridgehead atoms. The number of benzene rings is 1. The molecule has 3 heterocycles. The fourth-order valence-corrected chi connectivity index (χ4v) is 4.91. The van der Waals surface area contributed by atoms with Gasteiger partial charge >= 0.3 is 0 Å². The zero-order valence-corrected chi connectivity index (χ0v) is 17.7. The van der Waals surface area contributed by atoms with Crippen LogP contribution < -0.4 is 15.8 Å². The molecule has 1 N–H and O–H groups in total. The van der Waals surface area contributed by atoms with E-state index >= 15 is 0 Å². The average molecular weight is 412 g/mol. The van der Waals surface area contributed by atoms with Gasteiger partial charge in [-0.3, -0.25) is 9.59 Å². The lowest BCUT2D eigenvalue weighted by atomic mass is 10.0. The number of rotatable bonds is 5. The fourth-order valence-electron chi connectivity index (χ4n) is 3.90. The minimum Gasteiger partial charge on any atom is -0.350 e. The highest BCUT2D eigenvalue weighted by molar-refractivity contribution is 7.20. The molecule has 29 heavy (non-hydrogen) atoms. The molecule has 0 saturated carbocycles. The standard InChI is InChI=1S/C21H25N5O2S/c1-13(2)17-14(3)23-20-26(19(17)28)24-21(29-20)25-11-7-10-16(25)18(27)22-12-15-8-5-4-6-9-15/h4-6,8-9,13,16H,7,10-12H2,1-3H3,(H,22,27)/t16-/m1/s1. The first-order chi connectivity index (χ1) is 14.0. The van der Waals surface area contributed by atoms with Crippen molar-refractivity contribution in [2.24, 2.45) is 0 Å². The predicted octanol–water partition coefficient (Wildman–Crippen LogP) is 2.87. The van der Waals surface area contributed by atoms with Crippen LogP contribution in [0.15, 0.2) is 35.1 Å². The van der Waals surface area contributed by atoms with Gasteiger partial charge in [0.05, 0.1) is 0 Å². The number of fused-ring (bicyclic) bond motifs is 1. The van der Waals surface area contributed by atoms with Crippen molar-refractivity contribution in [2.45, 2.75) is 52.1 Å². The van der Waals surface area contributed by atoms with Crippen molar-refractivity contribution in [3.63, 3.8) is 0 Å². The van der Waals surface area contributed by atoms with Gasteiger partial charge in [0, 0.05) is 24.3 Å². The number of aryl methyl sites for hydroxylation is 1. The Hall–Kier alpha value is -2.74. The normalized spacial score (nSPS) is 16.7. The van der Waals surface area contributed by atoms with Crippen molar-refractivity contribution in [1.82, 2.24) is 19.9 Å². The zero-order valence-electron chi connectivity index (χ0n) is 16.9. The third kappa shape index (κ3) is 3.76. The molecule has 1 aromatic carbocycles. The summed E-state index contributed by atoms with van der Waals surface area (Å²) in [5, 5.41) is 8.24. The molecule has 152 valence electrons. The van der Waals surface area contributed by atoms with Crippen LogP contribution in [-0.2, 0) is 11.3 Å². The molecule has 1 fully saturated rings. The second-order valence-electron chi connectivity index (χ2n) is 7.70. The highest BCUT2D eigenvalue weighted by Gasteiger charge is 2.33. The number of aromatic nitrogens is 3. The first-order valence-electron chi connectivity index (χ1n) is 9.94. The van der Waals surface area contributed by atoms with Crippen LogP contribution in [0.4, 0.5) is 5.13 Å². The van der Waals surface area contributed by atoms with E-state index in [9.17, 15) is 9.59 Å². The Kier molecular flexibility index (Phi) is 5.36. The minimum absolute atomic E-state index is 0.00929. The minimum atomic E-state index is -0.277. The smallest absolute Gasteiger partial charge is 0.278 e. The number of carbonyl (C=O) groups excluding carboxylic acids is 1. The van der Waals surface area contributed by atoms with Gasteiger partial charge in [-0.2, -0.15) is 4.52 Å². The summed E-state index contributed by atoms with van der Waals surface area (Å²) in [6, 6.07) is 9.59. The van der Waals surface area contributed by atoms with Crippen molar-refractivity contribution < 1.29 is 4.79 Å². The summed E-state index contributed by atoms with van der Waals surface area (Å²) in [5.74, 6) is 0.0744. The Balaban J connectivity index is 1.58. The van der Waals surface area contributed by atoms with E-state index in [0.29, 0.717) is 22.2 Å². The van der Waals surface area contributed by atoms with Crippen molar-refractivity contribution in [3.8, 4) is 0 Å². The summed E-state index contributed by atoms with van der Waals surface area (Å²) in [5.41, 5.74) is 2.39. The molecule has 0 aliphatic carbocycles. The Morgan fingerprint density at radius 1 is 1.31 bits per heavy atom. The molecule has 0 spiro atoms. The predicted molar refractivity (Wildman–Crippen MR) is 115 cm³/mol. The number of nitrogens with one attached hydrogen (secondary N) is 1. The fraction of sp³-hybridized carbons (Fsp3) is 0.429. The number of hydrogen-bond donors (Lipinski definition) is 1. The number of amides is 1. The van der Waals surface area contributed by atoms with Crippen LogP contribution >= 0.6 is 11.3 Å². The van der Waals surface area contributed by atoms with Gasteiger partial charge in [0.2, 0.25) is 16.0 Å². The van der Waals surface area contributed by atoms with Crippen molar-refractivity contribution in [3.05, 3.63) is 57.5 Å². The van der Waals surface area contributed by atoms with Crippen LogP contribution in [0.1, 0.15) is 49.4 Å². The number of carbonyl (C=O) groups is 1. The third-order valence-corrected chi connectivity index (χ3v) is 6.26. The molecule has 8 heteroatoms. The number of hydrogen-bond acceptors (Lipinski definition) is 6. The summed E-state index contributed by atoms with van der Waals surface area (Å²) in [6.07, 6.45) is 1.69. The molecule has 1 aliphatic heterocycles. The number of anilines is 1. The largest absolute Gasteiger partial charge is 0.350 e. The topological polar surface area (TPSA) is 79.6 Å². The second-order valence-corrected chi connectivity index (χ2v) is 8.64. The van der Waals surface area contributed by atoms with Crippen LogP contribution in [-0.4, -0.2) is 33.1 Å². The summed E-state index contributed by atoms with van der Waals surface area (Å²) in [6.45, 7) is 7.08. The highest BCUT2D eigenvalue weighted by atomic mass is 32.1. The molecule has 1 atom stereocenters. The monoisotopic (exact) mass is 411 g/mol. The van der Waals surface area contributed by atoms with Gasteiger partial charge in [0.15, 0.2) is 0 Å². The van der Waals surface area contributed by atoms with Crippen LogP contribution in [0.2, 0.25) is 0 Å². The van der Waals surface area contributed by atoms with Crippen LogP contribution in [0.25, 0.3) is 4.96 Å². The molecular formula is C21H25N5O2S. The molecule has 2 aromatic heterocycles. The van der Waals surface area contributed by atoms with Gasteiger partial charge in [0.25, 0.3) is 5.56 Å². The Morgan fingerprint density at radius 2 is 2.07 bits per heavy atom. The average Bonchev–Trinajstić information content (AvgIpc) is 3.33. The lowest BCUT2D eigenvalue weighted by Crippen LogP contribution is -2.43. The van der Waals surface area contributed by atoms with E-state index in [2.05, 4.69) is 15.4 Å². The summed E-state index contributed by atoms with van der Waals surface area (Å²) in [7, 11) is 0. The van der Waals surface area contributed by atoms with Gasteiger partial charge in [-0.25, -0.2) is 4.98 Å². The van der Waals surface area contributed by atoms with E-state index in [1.807, 2.05) is 56.0 Å². The quantitative estimate of drug-likeness (QED) is 0.698. The van der Waals surface area contributed by atoms with Crippen molar-refractivity contribution in [1.29, 1.82) is 0 Å². The van der Waals surface area contributed by atoms with E-state index < -0.39 is 0 Å². The third-order valence-electron chi connectivity index (χ3n) is 5.31. The maximum atomic E-state index is 12.9. The van der Waals surface area contributed by atoms with Crippen LogP contribution in [0.5, 0.6) is 0 Å². The Morgan fingerprint density at radius 3 is 2.79 bits per heavy atom. The van der Waals surface area contributed by atoms with E-state index in [0.717, 1.165) is 30.6 Å². The van der Waals surface area contributed by atoms with E-state index in [1.54, 1.807) is 0 Å². The van der Waals surface area contributed by atoms with Crippen LogP contribution in [0.3, 0.4) is 0 Å². The number of nitrogens with zero attached hydrogens (tertiary/aromatic N) is 4. The van der Waals surface area contributed by atoms with Gasteiger partial charge in [-0.05, 0) is 31.2 Å². The Labute approximate surface area is 173 Å². The molecule has 1 amide bonds. The highest BCUT2D eigenvalue weighted by Crippen LogP contribution is 2.29. The van der Waals surface area contributed by atoms with Crippen LogP contribution in [0, 0.1) is 6.92 Å². The molecule has 0 unspecified atom stereocenters. The van der Waals surface area contributed by atoms with Gasteiger partial charge in [-0.1, -0.05) is 55.5 Å². The molecule has 0 radical (unpaired) electrons. The maximum Gasteiger partial charge on any atom is 0.278 e. The van der Waals surface area contributed by atoms with Gasteiger partial charge < -0.3 is 10.2 Å². The molecule has 1 aliphatic rings. The zero-order chi connectivity index (χ0) is 20.5. The van der Waals surface area contributed by atoms with Crippen molar-refractivity contribution >= 4 is 27.3 Å². The summed E-state index contributed by atoms with van der Waals surface area (Å²) >= 11 is 1.37. The second kappa shape index (κ2) is 7.94. The molecule has 3 aromatic rings. The van der Waals surface area contributed by atoms with Crippen molar-refractivity contribution in [2.75, 3.05) is 11.4 Å². The van der Waals surface area contributed by atoms with E-state index in [1.165, 1.54) is 15.9 Å². The van der Waals surface area contributed by atoms with E-state index in [-0.39, 0.29) is 23.4 Å². The maximum absolute atomic E-state index is 12.9. The summed E-state index contributed by atoms with van der Waals surface area (Å²) < 4.78 is 1.39. The van der Waals surface area contributed by atoms with Gasteiger partial charge in [-0.15, -0.1) is 5.10 Å². The first kappa shape index (κ1) is 19.6. The van der Waals surface area contributed by atoms with Gasteiger partial charge in [0.1, 0.15) is 6.04 Å². The lowest BCUT2D eigenvalue weighted by molar-refractivity contribution is -0.122. The molecular weight excluding hydrogens is 386 g/mol. The molecule has 7 nitrogen and oxygen atoms in total. The Bertz CT molecular complexity index is 1090. The summed E-state index contributed by atoms with van der Waals surface area (Å²) in [4.78, 5) is 32.8. The molecule has 4 rings (SSSR count). The SMILES string of the molecule is Cc1nc2sc(N3CCC[C@@H]3C(=O)NCc3ccccc3)nn2c(=O)c1C(C)C. The van der Waals surface area contributed by atoms with E-state index in [4.69, 9.17) is 0 Å².